The number of carbonyl (C=O) groups is 4. The van der Waals surface area contributed by atoms with Crippen LogP contribution in [0.5, 0.6) is 0 Å². The molecule has 0 aromatic heterocycles. The van der Waals surface area contributed by atoms with Crippen LogP contribution in [0.3, 0.4) is 0 Å². The van der Waals surface area contributed by atoms with Crippen molar-refractivity contribution < 1.29 is 76.7 Å². The summed E-state index contributed by atoms with van der Waals surface area (Å²) in [6, 6.07) is -3.35. The average molecular weight is 372 g/mol. The normalized spacial score (nSPS) is 12.2. The van der Waals surface area contributed by atoms with Gasteiger partial charge in [-0.25, -0.2) is 19.2 Å². The molecule has 0 aliphatic heterocycles. The maximum absolute atomic E-state index is 11.6. The Bertz CT molecular complexity index is 404. The molecule has 4 amide bonds. The number of primary amides is 2. The van der Waals surface area contributed by atoms with Gasteiger partial charge in [-0.15, -0.1) is 0 Å². The van der Waals surface area contributed by atoms with Gasteiger partial charge in [0.05, 0.1) is 0 Å². The average Bonchev–Trinajstić information content (AvgIpc) is 2.46. The third-order valence-electron chi connectivity index (χ3n) is 2.79. The number of nitrogens with two attached hydrogens (primary N) is 4. The van der Waals surface area contributed by atoms with E-state index in [4.69, 9.17) is 22.9 Å². The number of amides is 4. The van der Waals surface area contributed by atoms with Gasteiger partial charge in [-0.3, -0.25) is 0 Å². The van der Waals surface area contributed by atoms with Crippen LogP contribution in [0.15, 0.2) is 0 Å². The van der Waals surface area contributed by atoms with Gasteiger partial charge < -0.3 is 39.7 Å². The topological polar surface area (TPSA) is 206 Å². The quantitative estimate of drug-likeness (QED) is 0.0949. The number of hydrogen-bond acceptors (Lipinski definition) is 7. The first-order valence-corrected chi connectivity index (χ1v) is 7.07. The van der Waals surface area contributed by atoms with Crippen LogP contribution in [-0.2, 0) is 14.3 Å². The van der Waals surface area contributed by atoms with Gasteiger partial charge in [-0.05, 0) is 25.7 Å². The fraction of sp³-hybridized carbons (Fsp3) is 0.667. The van der Waals surface area contributed by atoms with E-state index in [-0.39, 0.29) is 78.7 Å². The van der Waals surface area contributed by atoms with E-state index in [0.29, 0.717) is 12.8 Å². The molecular weight excluding hydrogens is 347 g/mol. The van der Waals surface area contributed by atoms with E-state index in [1.54, 1.807) is 0 Å². The fourth-order valence-corrected chi connectivity index (χ4v) is 1.55. The first kappa shape index (κ1) is 25.5. The van der Waals surface area contributed by atoms with Crippen LogP contribution in [0.1, 0.15) is 27.1 Å². The van der Waals surface area contributed by atoms with E-state index in [1.165, 1.54) is 0 Å². The zero-order chi connectivity index (χ0) is 17.8. The Balaban J connectivity index is -0.00000242. The van der Waals surface area contributed by atoms with E-state index in [0.717, 1.165) is 0 Å². The van der Waals surface area contributed by atoms with Crippen LogP contribution in [0, 0.1) is 0 Å². The van der Waals surface area contributed by atoms with E-state index in [9.17, 15) is 19.2 Å². The number of esters is 2. The summed E-state index contributed by atoms with van der Waals surface area (Å²) >= 11 is 0. The molecule has 134 valence electrons. The third-order valence-corrected chi connectivity index (χ3v) is 2.79. The molecule has 12 heteroatoms. The molecule has 0 saturated heterocycles. The molecule has 0 aliphatic carbocycles. The van der Waals surface area contributed by atoms with Crippen molar-refractivity contribution in [1.82, 2.24) is 10.6 Å². The Labute approximate surface area is 183 Å². The molecule has 2 atom stereocenters. The van der Waals surface area contributed by atoms with Gasteiger partial charge >= 0.3 is 75.4 Å². The fourth-order valence-electron chi connectivity index (χ4n) is 1.55. The predicted molar refractivity (Wildman–Crippen MR) is 81.8 cm³/mol. The molecule has 0 unspecified atom stereocenters. The summed E-state index contributed by atoms with van der Waals surface area (Å²) in [5.41, 5.74) is 20.9. The maximum Gasteiger partial charge on any atom is 1.00 e. The molecule has 24 heavy (non-hydrogen) atoms. The van der Waals surface area contributed by atoms with Crippen LogP contribution in [-0.4, -0.2) is 49.2 Å². The molecule has 0 radical (unpaired) electrons. The second-order valence-corrected chi connectivity index (χ2v) is 4.82. The van der Waals surface area contributed by atoms with Gasteiger partial charge in [0.2, 0.25) is 0 Å². The minimum absolute atomic E-state index is 0. The first-order chi connectivity index (χ1) is 10.7. The molecule has 11 nitrogen and oxygen atoms in total. The molecule has 0 fully saturated rings. The van der Waals surface area contributed by atoms with Crippen LogP contribution in [0.4, 0.5) is 9.59 Å². The first-order valence-electron chi connectivity index (χ1n) is 7.07. The number of urea groups is 2. The Kier molecular flexibility index (Phi) is 15.5. The molecular formula is C12H25KN6O5. The molecule has 10 N–H and O–H groups in total. The van der Waals surface area contributed by atoms with Crippen molar-refractivity contribution in [3.63, 3.8) is 0 Å². The summed E-state index contributed by atoms with van der Waals surface area (Å²) in [5.74, 6) is -1.78. The van der Waals surface area contributed by atoms with Crippen molar-refractivity contribution in [2.45, 2.75) is 37.8 Å². The Hall–Kier alpha value is -0.764. The molecule has 0 aliphatic rings. The summed E-state index contributed by atoms with van der Waals surface area (Å²) in [7, 11) is 0. The van der Waals surface area contributed by atoms with E-state index >= 15 is 0 Å². The van der Waals surface area contributed by atoms with Crippen molar-refractivity contribution in [3.8, 4) is 0 Å². The minimum atomic E-state index is -1.00. The van der Waals surface area contributed by atoms with Gasteiger partial charge in [-0.2, -0.15) is 0 Å². The summed E-state index contributed by atoms with van der Waals surface area (Å²) < 4.78 is 4.58. The molecule has 0 spiro atoms. The van der Waals surface area contributed by atoms with Crippen LogP contribution < -0.4 is 85.0 Å². The molecule has 0 saturated carbocycles. The van der Waals surface area contributed by atoms with Gasteiger partial charge in [0.15, 0.2) is 0 Å². The van der Waals surface area contributed by atoms with E-state index in [1.807, 2.05) is 0 Å². The van der Waals surface area contributed by atoms with Crippen molar-refractivity contribution in [1.29, 1.82) is 0 Å². The van der Waals surface area contributed by atoms with Crippen molar-refractivity contribution >= 4 is 24.0 Å². The van der Waals surface area contributed by atoms with Gasteiger partial charge in [0.25, 0.3) is 0 Å². The second kappa shape index (κ2) is 14.6. The van der Waals surface area contributed by atoms with Crippen LogP contribution >= 0.6 is 0 Å². The monoisotopic (exact) mass is 372 g/mol. The molecule has 0 heterocycles. The third kappa shape index (κ3) is 13.7. The largest absolute Gasteiger partial charge is 1.00 e. The van der Waals surface area contributed by atoms with E-state index in [2.05, 4.69) is 15.4 Å². The Morgan fingerprint density at radius 3 is 1.46 bits per heavy atom. The molecule has 0 rings (SSSR count). The Morgan fingerprint density at radius 1 is 0.833 bits per heavy atom. The summed E-state index contributed by atoms with van der Waals surface area (Å²) in [6.07, 6.45) is 1.23. The summed E-state index contributed by atoms with van der Waals surface area (Å²) in [5, 5.41) is 4.68. The van der Waals surface area contributed by atoms with Crippen molar-refractivity contribution in [2.75, 3.05) is 13.1 Å². The smallest absolute Gasteiger partial charge is 1.00 e. The predicted octanol–water partition coefficient (Wildman–Crippen LogP) is -5.28. The number of rotatable bonds is 10. The maximum atomic E-state index is 11.6. The van der Waals surface area contributed by atoms with E-state index < -0.39 is 36.1 Å². The van der Waals surface area contributed by atoms with Crippen LogP contribution in [0.2, 0.25) is 0 Å². The SMILES string of the molecule is NC(=O)NCCC[C@H](N)C(=O)OC(=O)[C@@H](N)CCCNC(N)=O.[H-].[K+]. The number of ether oxygens (including phenoxy) is 1. The summed E-state index contributed by atoms with van der Waals surface area (Å²) in [4.78, 5) is 44.1. The number of hydrogen-bond donors (Lipinski definition) is 6. The Morgan fingerprint density at radius 2 is 1.17 bits per heavy atom. The van der Waals surface area contributed by atoms with Gasteiger partial charge in [0, 0.05) is 13.1 Å². The van der Waals surface area contributed by atoms with Crippen molar-refractivity contribution in [3.05, 3.63) is 0 Å². The zero-order valence-corrected chi connectivity index (χ0v) is 16.9. The standard InChI is InChI=1S/C12H24N6O5.K.H/c13-7(3-1-5-17-11(15)21)9(19)23-10(20)8(14)4-2-6-18-12(16)22;;/h7-8H,1-6,13-14H2,(H3,15,17,21)(H3,16,18,22);;/q;+1;-1/t7-,8-;;/m0../s1. The van der Waals surface area contributed by atoms with Crippen LogP contribution in [0.25, 0.3) is 0 Å². The van der Waals surface area contributed by atoms with Crippen molar-refractivity contribution in [2.24, 2.45) is 22.9 Å². The molecule has 0 bridgehead atoms. The zero-order valence-electron chi connectivity index (χ0n) is 14.7. The van der Waals surface area contributed by atoms with Gasteiger partial charge in [-0.1, -0.05) is 0 Å². The minimum Gasteiger partial charge on any atom is -1.00 e. The molecule has 0 aromatic carbocycles. The number of nitrogens with one attached hydrogen (secondary N) is 2. The number of carbonyl (C=O) groups excluding carboxylic acids is 4. The van der Waals surface area contributed by atoms with Gasteiger partial charge in [0.1, 0.15) is 12.1 Å². The molecule has 0 aromatic rings. The summed E-state index contributed by atoms with van der Waals surface area (Å²) in [6.45, 7) is 0.521. The second-order valence-electron chi connectivity index (χ2n) is 4.82.